The van der Waals surface area contributed by atoms with Crippen LogP contribution in [0.4, 0.5) is 5.69 Å². The van der Waals surface area contributed by atoms with Crippen molar-refractivity contribution in [2.45, 2.75) is 39.3 Å². The Hall–Kier alpha value is -4.23. The Bertz CT molecular complexity index is 1610. The highest BCUT2D eigenvalue weighted by molar-refractivity contribution is 6.30. The van der Waals surface area contributed by atoms with E-state index in [2.05, 4.69) is 9.88 Å². The van der Waals surface area contributed by atoms with E-state index in [1.807, 2.05) is 85.8 Å². The smallest absolute Gasteiger partial charge is 0.275 e. The Balaban J connectivity index is 1.45. The Morgan fingerprint density at radius 3 is 2.44 bits per heavy atom. The van der Waals surface area contributed by atoms with Crippen molar-refractivity contribution in [3.05, 3.63) is 101 Å². The number of anilines is 1. The van der Waals surface area contributed by atoms with Gasteiger partial charge in [0.05, 0.1) is 6.61 Å². The third-order valence-electron chi connectivity index (χ3n) is 6.94. The molecule has 0 spiro atoms. The zero-order valence-electron chi connectivity index (χ0n) is 21.7. The molecule has 0 atom stereocenters. The number of aryl methyl sites for hydroxylation is 2. The molecule has 1 N–H and O–H groups in total. The normalized spacial score (nSPS) is 12.8. The van der Waals surface area contributed by atoms with Crippen LogP contribution >= 0.6 is 11.6 Å². The van der Waals surface area contributed by atoms with Crippen LogP contribution in [-0.4, -0.2) is 26.7 Å². The molecule has 0 fully saturated rings. The predicted molar refractivity (Wildman–Crippen MR) is 153 cm³/mol. The summed E-state index contributed by atoms with van der Waals surface area (Å²) in [6.45, 7) is 3.64. The van der Waals surface area contributed by atoms with E-state index in [4.69, 9.17) is 26.2 Å². The number of aromatic nitrogens is 3. The van der Waals surface area contributed by atoms with Gasteiger partial charge in [-0.3, -0.25) is 4.79 Å². The molecule has 0 aliphatic carbocycles. The van der Waals surface area contributed by atoms with Gasteiger partial charge in [-0.2, -0.15) is 0 Å². The van der Waals surface area contributed by atoms with Crippen LogP contribution in [0.3, 0.4) is 0 Å². The summed E-state index contributed by atoms with van der Waals surface area (Å²) in [7, 11) is 0. The molecule has 1 aliphatic rings. The molecule has 0 saturated heterocycles. The topological polar surface area (TPSA) is 69.8 Å². The number of ether oxygens (including phenoxy) is 2. The highest BCUT2D eigenvalue weighted by Gasteiger charge is 2.30. The first-order chi connectivity index (χ1) is 19.1. The maximum absolute atomic E-state index is 14.0. The molecule has 1 amide bonds. The molecule has 3 aromatic carbocycles. The van der Waals surface area contributed by atoms with Gasteiger partial charge in [0.1, 0.15) is 29.4 Å². The molecular formula is C31H29ClN4O3. The Morgan fingerprint density at radius 1 is 0.949 bits per heavy atom. The zero-order chi connectivity index (χ0) is 26.8. The van der Waals surface area contributed by atoms with E-state index in [0.29, 0.717) is 29.6 Å². The van der Waals surface area contributed by atoms with Crippen molar-refractivity contribution < 1.29 is 14.3 Å². The summed E-state index contributed by atoms with van der Waals surface area (Å²) >= 11 is 6.22. The van der Waals surface area contributed by atoms with Crippen LogP contribution in [0.1, 0.15) is 41.6 Å². The average Bonchev–Trinajstić information content (AvgIpc) is 3.36. The molecule has 6 rings (SSSR count). The van der Waals surface area contributed by atoms with Gasteiger partial charge in [0.15, 0.2) is 5.82 Å². The van der Waals surface area contributed by atoms with Crippen molar-refractivity contribution in [3.63, 3.8) is 0 Å². The molecule has 0 unspecified atom stereocenters. The lowest BCUT2D eigenvalue weighted by Gasteiger charge is -2.10. The number of carbonyl (C=O) groups excluding carboxylic acids is 1. The van der Waals surface area contributed by atoms with Crippen LogP contribution in [0.2, 0.25) is 5.02 Å². The number of carbonyl (C=O) groups is 1. The largest absolute Gasteiger partial charge is 0.494 e. The fourth-order valence-corrected chi connectivity index (χ4v) is 5.33. The number of nitrogens with zero attached hydrogens (tertiary/aromatic N) is 3. The summed E-state index contributed by atoms with van der Waals surface area (Å²) in [5.74, 6) is 2.09. The average molecular weight is 541 g/mol. The number of halogens is 1. The van der Waals surface area contributed by atoms with Crippen LogP contribution in [-0.2, 0) is 19.6 Å². The summed E-state index contributed by atoms with van der Waals surface area (Å²) in [4.78, 5) is 14.0. The standard InChI is InChI=1S/C31H29ClN4O3/c1-2-38-25-17-15-23(16-18-25)33-30(37)29-28(21-11-13-22(32)14-12-21)26-10-6-7-19-35-27(34-36(29)31(26)35)20-39-24-8-4-3-5-9-24/h3-5,8-9,11-18H,2,6-7,10,19-20H2,1H3,(H,33,37). The second kappa shape index (κ2) is 10.9. The van der Waals surface area contributed by atoms with Gasteiger partial charge in [0.25, 0.3) is 5.91 Å². The van der Waals surface area contributed by atoms with E-state index < -0.39 is 0 Å². The fraction of sp³-hybridized carbons (Fsp3) is 0.226. The van der Waals surface area contributed by atoms with Crippen molar-refractivity contribution in [3.8, 4) is 22.6 Å². The third kappa shape index (κ3) is 4.98. The number of para-hydroxylation sites is 1. The van der Waals surface area contributed by atoms with Gasteiger partial charge in [-0.25, -0.2) is 4.52 Å². The molecular weight excluding hydrogens is 512 g/mol. The fourth-order valence-electron chi connectivity index (χ4n) is 5.20. The number of nitrogens with one attached hydrogen (secondary N) is 1. The summed E-state index contributed by atoms with van der Waals surface area (Å²) in [5.41, 5.74) is 5.07. The van der Waals surface area contributed by atoms with Gasteiger partial charge in [-0.15, -0.1) is 5.10 Å². The zero-order valence-corrected chi connectivity index (χ0v) is 22.4. The van der Waals surface area contributed by atoms with Crippen molar-refractivity contribution in [1.82, 2.24) is 14.2 Å². The van der Waals surface area contributed by atoms with Crippen LogP contribution < -0.4 is 14.8 Å². The molecule has 39 heavy (non-hydrogen) atoms. The number of hydrogen-bond donors (Lipinski definition) is 1. The van der Waals surface area contributed by atoms with Gasteiger partial charge in [0.2, 0.25) is 0 Å². The first kappa shape index (κ1) is 25.1. The number of rotatable bonds is 8. The monoisotopic (exact) mass is 540 g/mol. The van der Waals surface area contributed by atoms with Crippen molar-refractivity contribution in [1.29, 1.82) is 0 Å². The number of benzene rings is 3. The summed E-state index contributed by atoms with van der Waals surface area (Å²) in [6.07, 6.45) is 2.89. The minimum atomic E-state index is -0.230. The van der Waals surface area contributed by atoms with Gasteiger partial charge < -0.3 is 19.4 Å². The predicted octanol–water partition coefficient (Wildman–Crippen LogP) is 7.02. The molecule has 7 nitrogen and oxygen atoms in total. The van der Waals surface area contributed by atoms with Crippen molar-refractivity contribution in [2.24, 2.45) is 0 Å². The second-order valence-electron chi connectivity index (χ2n) is 9.48. The highest BCUT2D eigenvalue weighted by atomic mass is 35.5. The maximum atomic E-state index is 14.0. The minimum absolute atomic E-state index is 0.230. The van der Waals surface area contributed by atoms with Gasteiger partial charge in [0, 0.05) is 28.4 Å². The lowest BCUT2D eigenvalue weighted by atomic mass is 9.98. The van der Waals surface area contributed by atoms with Crippen molar-refractivity contribution in [2.75, 3.05) is 11.9 Å². The number of hydrogen-bond acceptors (Lipinski definition) is 4. The molecule has 8 heteroatoms. The lowest BCUT2D eigenvalue weighted by molar-refractivity contribution is 0.102. The number of amides is 1. The first-order valence-corrected chi connectivity index (χ1v) is 13.6. The molecule has 5 aromatic rings. The van der Waals surface area contributed by atoms with Gasteiger partial charge >= 0.3 is 0 Å². The first-order valence-electron chi connectivity index (χ1n) is 13.2. The van der Waals surface area contributed by atoms with E-state index in [9.17, 15) is 4.79 Å². The quantitative estimate of drug-likeness (QED) is 0.229. The molecule has 1 aliphatic heterocycles. The molecule has 2 aromatic heterocycles. The van der Waals surface area contributed by atoms with E-state index in [0.717, 1.165) is 65.5 Å². The Morgan fingerprint density at radius 2 is 1.69 bits per heavy atom. The second-order valence-corrected chi connectivity index (χ2v) is 9.92. The Labute approximate surface area is 231 Å². The van der Waals surface area contributed by atoms with Gasteiger partial charge in [-0.1, -0.05) is 41.9 Å². The van der Waals surface area contributed by atoms with E-state index in [1.54, 1.807) is 4.52 Å². The SMILES string of the molecule is CCOc1ccc(NC(=O)c2c(-c3ccc(Cl)cc3)c3c4n(c(COc5ccccc5)nn24)CCCC3)cc1. The summed E-state index contributed by atoms with van der Waals surface area (Å²) < 4.78 is 15.6. The molecule has 0 radical (unpaired) electrons. The van der Waals surface area contributed by atoms with Crippen LogP contribution in [0.15, 0.2) is 78.9 Å². The van der Waals surface area contributed by atoms with E-state index in [1.165, 1.54) is 0 Å². The van der Waals surface area contributed by atoms with Crippen molar-refractivity contribution >= 4 is 28.8 Å². The van der Waals surface area contributed by atoms with Crippen LogP contribution in [0.25, 0.3) is 16.8 Å². The van der Waals surface area contributed by atoms with Crippen LogP contribution in [0.5, 0.6) is 11.5 Å². The minimum Gasteiger partial charge on any atom is -0.494 e. The summed E-state index contributed by atoms with van der Waals surface area (Å²) in [5, 5.41) is 8.68. The maximum Gasteiger partial charge on any atom is 0.275 e. The van der Waals surface area contributed by atoms with Gasteiger partial charge in [-0.05, 0) is 80.3 Å². The lowest BCUT2D eigenvalue weighted by Crippen LogP contribution is -2.16. The molecule has 3 heterocycles. The molecule has 198 valence electrons. The highest BCUT2D eigenvalue weighted by Crippen LogP contribution is 2.37. The third-order valence-corrected chi connectivity index (χ3v) is 7.20. The summed E-state index contributed by atoms with van der Waals surface area (Å²) in [6, 6.07) is 24.8. The molecule has 0 saturated carbocycles. The van der Waals surface area contributed by atoms with E-state index in [-0.39, 0.29) is 5.91 Å². The van der Waals surface area contributed by atoms with Crippen LogP contribution in [0, 0.1) is 0 Å². The molecule has 0 bridgehead atoms. The van der Waals surface area contributed by atoms with E-state index >= 15 is 0 Å². The Kier molecular flexibility index (Phi) is 6.99.